The first-order valence-electron chi connectivity index (χ1n) is 5.55. The van der Waals surface area contributed by atoms with Crippen molar-refractivity contribution in [3.05, 3.63) is 35.3 Å². The van der Waals surface area contributed by atoms with Gasteiger partial charge in [-0.1, -0.05) is 12.1 Å². The van der Waals surface area contributed by atoms with Crippen molar-refractivity contribution in [2.45, 2.75) is 13.5 Å². The molecule has 0 bridgehead atoms. The van der Waals surface area contributed by atoms with E-state index in [1.807, 2.05) is 29.6 Å². The van der Waals surface area contributed by atoms with E-state index in [4.69, 9.17) is 0 Å². The van der Waals surface area contributed by atoms with E-state index in [2.05, 4.69) is 15.3 Å². The summed E-state index contributed by atoms with van der Waals surface area (Å²) in [6.45, 7) is 1.71. The Morgan fingerprint density at radius 1 is 1.53 bits per heavy atom. The number of nitrogens with one attached hydrogen (secondary N) is 1. The monoisotopic (exact) mass is 273 g/mol. The Morgan fingerprint density at radius 3 is 3.11 bits per heavy atom. The highest BCUT2D eigenvalue weighted by atomic mass is 32.1. The Labute approximate surface area is 114 Å². The van der Waals surface area contributed by atoms with Gasteiger partial charge >= 0.3 is 0 Å². The number of hydrogen-bond donors (Lipinski definition) is 1. The zero-order valence-electron chi connectivity index (χ0n) is 10.2. The number of carbonyl (C=O) groups is 1. The second-order valence-corrected chi connectivity index (χ2v) is 4.67. The van der Waals surface area contributed by atoms with Crippen molar-refractivity contribution in [3.63, 3.8) is 0 Å². The maximum absolute atomic E-state index is 11.0. The number of benzene rings is 1. The third-order valence-corrected chi connectivity index (χ3v) is 3.23. The highest BCUT2D eigenvalue weighted by molar-refractivity contribution is 7.13. The van der Waals surface area contributed by atoms with Crippen LogP contribution in [0.5, 0.6) is 0 Å². The molecule has 0 aliphatic heterocycles. The fraction of sp³-hybridized carbons (Fsp3) is 0.154. The Bertz CT molecular complexity index is 645. The van der Waals surface area contributed by atoms with Gasteiger partial charge in [0.25, 0.3) is 0 Å². The number of isocyanates is 1. The zero-order chi connectivity index (χ0) is 13.7. The molecule has 0 aliphatic rings. The number of carbonyl (C=O) groups excluding carboxylic acids is 2. The molecule has 0 aliphatic carbocycles. The summed E-state index contributed by atoms with van der Waals surface area (Å²) in [6, 6.07) is 7.44. The fourth-order valence-electron chi connectivity index (χ4n) is 1.56. The third-order valence-electron chi connectivity index (χ3n) is 2.29. The quantitative estimate of drug-likeness (QED) is 0.687. The molecule has 2 aromatic rings. The topological polar surface area (TPSA) is 71.4 Å². The minimum absolute atomic E-state index is 0.114. The number of amides is 1. The molecule has 0 saturated heterocycles. The maximum atomic E-state index is 11.0. The Kier molecular flexibility index (Phi) is 4.18. The molecule has 6 heteroatoms. The molecule has 0 atom stereocenters. The Balaban J connectivity index is 2.23. The minimum atomic E-state index is -0.114. The van der Waals surface area contributed by atoms with Crippen LogP contribution in [0.15, 0.2) is 34.6 Å². The molecule has 2 rings (SSSR count). The van der Waals surface area contributed by atoms with E-state index in [-0.39, 0.29) is 12.5 Å². The first-order valence-corrected chi connectivity index (χ1v) is 6.43. The van der Waals surface area contributed by atoms with Gasteiger partial charge in [-0.3, -0.25) is 4.79 Å². The van der Waals surface area contributed by atoms with E-state index in [1.54, 1.807) is 0 Å². The van der Waals surface area contributed by atoms with Crippen molar-refractivity contribution in [3.8, 4) is 10.6 Å². The molecule has 1 heterocycles. The van der Waals surface area contributed by atoms with Crippen molar-refractivity contribution in [2.75, 3.05) is 5.32 Å². The summed E-state index contributed by atoms with van der Waals surface area (Å²) in [5.41, 5.74) is 2.37. The van der Waals surface area contributed by atoms with Crippen LogP contribution in [0.2, 0.25) is 0 Å². The molecule has 19 heavy (non-hydrogen) atoms. The molecule has 1 aromatic heterocycles. The number of rotatable bonds is 4. The lowest BCUT2D eigenvalue weighted by Crippen LogP contribution is -2.05. The van der Waals surface area contributed by atoms with E-state index in [0.717, 1.165) is 22.0 Å². The van der Waals surface area contributed by atoms with Crippen molar-refractivity contribution in [1.82, 2.24) is 4.98 Å². The van der Waals surface area contributed by atoms with E-state index in [0.29, 0.717) is 0 Å². The van der Waals surface area contributed by atoms with Crippen LogP contribution in [0, 0.1) is 0 Å². The van der Waals surface area contributed by atoms with Crippen molar-refractivity contribution in [1.29, 1.82) is 0 Å². The van der Waals surface area contributed by atoms with Gasteiger partial charge in [0.1, 0.15) is 5.01 Å². The number of anilines is 1. The van der Waals surface area contributed by atoms with Gasteiger partial charge in [0.15, 0.2) is 0 Å². The maximum Gasteiger partial charge on any atom is 0.235 e. The van der Waals surface area contributed by atoms with Gasteiger partial charge in [-0.25, -0.2) is 9.78 Å². The summed E-state index contributed by atoms with van der Waals surface area (Å²) < 4.78 is 0. The van der Waals surface area contributed by atoms with Gasteiger partial charge in [0, 0.05) is 23.6 Å². The predicted molar refractivity (Wildman–Crippen MR) is 73.7 cm³/mol. The van der Waals surface area contributed by atoms with E-state index < -0.39 is 0 Å². The first kappa shape index (κ1) is 13.1. The van der Waals surface area contributed by atoms with E-state index >= 15 is 0 Å². The molecule has 5 nitrogen and oxygen atoms in total. The summed E-state index contributed by atoms with van der Waals surface area (Å²) >= 11 is 1.47. The van der Waals surface area contributed by atoms with Crippen molar-refractivity contribution < 1.29 is 9.59 Å². The molecule has 1 aromatic carbocycles. The number of nitrogens with zero attached hydrogens (tertiary/aromatic N) is 2. The fourth-order valence-corrected chi connectivity index (χ4v) is 2.37. The summed E-state index contributed by atoms with van der Waals surface area (Å²) in [5, 5.41) is 5.40. The molecule has 1 amide bonds. The van der Waals surface area contributed by atoms with Crippen LogP contribution in [0.3, 0.4) is 0 Å². The molecular weight excluding hydrogens is 262 g/mol. The molecule has 1 N–H and O–H groups in total. The van der Waals surface area contributed by atoms with Gasteiger partial charge in [-0.05, 0) is 12.1 Å². The van der Waals surface area contributed by atoms with Gasteiger partial charge < -0.3 is 5.32 Å². The van der Waals surface area contributed by atoms with Crippen LogP contribution in [0.25, 0.3) is 10.6 Å². The second kappa shape index (κ2) is 6.04. The Morgan fingerprint density at radius 2 is 2.37 bits per heavy atom. The Hall–Kier alpha value is -2.30. The first-order chi connectivity index (χ1) is 9.19. The largest absolute Gasteiger partial charge is 0.326 e. The summed E-state index contributed by atoms with van der Waals surface area (Å²) in [4.78, 5) is 28.9. The number of hydrogen-bond acceptors (Lipinski definition) is 5. The average molecular weight is 273 g/mol. The van der Waals surface area contributed by atoms with Crippen molar-refractivity contribution >= 4 is 29.0 Å². The normalized spacial score (nSPS) is 9.74. The van der Waals surface area contributed by atoms with Crippen LogP contribution in [-0.4, -0.2) is 17.0 Å². The lowest BCUT2D eigenvalue weighted by molar-refractivity contribution is -0.114. The van der Waals surface area contributed by atoms with Gasteiger partial charge in [0.2, 0.25) is 12.0 Å². The smallest absolute Gasteiger partial charge is 0.235 e. The second-order valence-electron chi connectivity index (χ2n) is 3.81. The lowest BCUT2D eigenvalue weighted by Gasteiger charge is -2.03. The molecule has 96 valence electrons. The molecular formula is C13H11N3O2S. The van der Waals surface area contributed by atoms with Gasteiger partial charge in [-0.15, -0.1) is 11.3 Å². The highest BCUT2D eigenvalue weighted by Crippen LogP contribution is 2.26. The van der Waals surface area contributed by atoms with Gasteiger partial charge in [0.05, 0.1) is 12.2 Å². The molecule has 0 fully saturated rings. The molecule has 0 radical (unpaired) electrons. The molecule has 0 saturated carbocycles. The standard InChI is InChI=1S/C13H11N3O2S/c1-9(18)15-11-4-2-3-10(5-11)13-16-12(7-19-13)6-14-8-17/h2-5,7H,6H2,1H3,(H,15,18). The van der Waals surface area contributed by atoms with Crippen LogP contribution >= 0.6 is 11.3 Å². The van der Waals surface area contributed by atoms with Gasteiger partial charge in [-0.2, -0.15) is 4.99 Å². The summed E-state index contributed by atoms with van der Waals surface area (Å²) in [6.07, 6.45) is 1.49. The van der Waals surface area contributed by atoms with Crippen LogP contribution in [0.1, 0.15) is 12.6 Å². The highest BCUT2D eigenvalue weighted by Gasteiger charge is 2.05. The molecule has 0 unspecified atom stereocenters. The lowest BCUT2D eigenvalue weighted by atomic mass is 10.2. The summed E-state index contributed by atoms with van der Waals surface area (Å²) in [5.74, 6) is -0.114. The zero-order valence-corrected chi connectivity index (χ0v) is 11.0. The van der Waals surface area contributed by atoms with Crippen LogP contribution < -0.4 is 5.32 Å². The molecule has 0 spiro atoms. The number of thiazole rings is 1. The van der Waals surface area contributed by atoms with Crippen LogP contribution in [0.4, 0.5) is 5.69 Å². The van der Waals surface area contributed by atoms with E-state index in [1.165, 1.54) is 24.3 Å². The van der Waals surface area contributed by atoms with Crippen LogP contribution in [-0.2, 0) is 16.1 Å². The minimum Gasteiger partial charge on any atom is -0.326 e. The third kappa shape index (κ3) is 3.58. The van der Waals surface area contributed by atoms with Crippen molar-refractivity contribution in [2.24, 2.45) is 4.99 Å². The number of aromatic nitrogens is 1. The van der Waals surface area contributed by atoms with E-state index in [9.17, 15) is 9.59 Å². The average Bonchev–Trinajstić information content (AvgIpc) is 2.84. The SMILES string of the molecule is CC(=O)Nc1cccc(-c2nc(CN=C=O)cs2)c1. The summed E-state index contributed by atoms with van der Waals surface area (Å²) in [7, 11) is 0. The predicted octanol–water partition coefficient (Wildman–Crippen LogP) is 2.60. The number of aliphatic imine (C=N–C) groups is 1.